The lowest BCUT2D eigenvalue weighted by atomic mass is 10.2. The average molecular weight is 227 g/mol. The third-order valence-electron chi connectivity index (χ3n) is 2.13. The second-order valence-corrected chi connectivity index (χ2v) is 3.81. The number of aliphatic hydroxyl groups excluding tert-OH is 1. The highest BCUT2D eigenvalue weighted by Gasteiger charge is 2.09. The quantitative estimate of drug-likeness (QED) is 0.851. The van der Waals surface area contributed by atoms with E-state index < -0.39 is 0 Å². The maximum Gasteiger partial charge on any atom is 0.180 e. The summed E-state index contributed by atoms with van der Waals surface area (Å²) in [5, 5.41) is 17.6. The minimum absolute atomic E-state index is 0.349. The molecule has 2 aromatic rings. The molecule has 6 heteroatoms. The first kappa shape index (κ1) is 10.3. The summed E-state index contributed by atoms with van der Waals surface area (Å²) in [7, 11) is 0. The highest BCUT2D eigenvalue weighted by atomic mass is 35.5. The van der Waals surface area contributed by atoms with E-state index in [-0.39, 0.29) is 6.10 Å². The van der Waals surface area contributed by atoms with Crippen LogP contribution >= 0.6 is 11.6 Å². The van der Waals surface area contributed by atoms with Gasteiger partial charge in [-0.1, -0.05) is 11.6 Å². The minimum Gasteiger partial charge on any atom is -0.393 e. The van der Waals surface area contributed by atoms with E-state index in [1.54, 1.807) is 23.7 Å². The number of aryl methyl sites for hydroxylation is 1. The fourth-order valence-electron chi connectivity index (χ4n) is 1.37. The average Bonchev–Trinajstić information content (AvgIpc) is 2.59. The van der Waals surface area contributed by atoms with Crippen molar-refractivity contribution in [2.75, 3.05) is 0 Å². The SMILES string of the molecule is CC(O)CCc1nnc2cncc(Cl)n12. The molecule has 0 amide bonds. The van der Waals surface area contributed by atoms with E-state index >= 15 is 0 Å². The van der Waals surface area contributed by atoms with Gasteiger partial charge in [0, 0.05) is 6.42 Å². The zero-order valence-electron chi connectivity index (χ0n) is 8.26. The van der Waals surface area contributed by atoms with E-state index in [0.717, 1.165) is 5.82 Å². The molecule has 15 heavy (non-hydrogen) atoms. The van der Waals surface area contributed by atoms with Crippen LogP contribution in [-0.2, 0) is 6.42 Å². The standard InChI is InChI=1S/C9H11ClN4O/c1-6(15)2-3-8-12-13-9-5-11-4-7(10)14(8)9/h4-6,15H,2-3H2,1H3. The van der Waals surface area contributed by atoms with E-state index in [1.807, 2.05) is 0 Å². The first-order valence-electron chi connectivity index (χ1n) is 4.70. The van der Waals surface area contributed by atoms with Crippen LogP contribution in [0.15, 0.2) is 12.4 Å². The number of rotatable bonds is 3. The van der Waals surface area contributed by atoms with Gasteiger partial charge in [-0.2, -0.15) is 0 Å². The molecule has 0 saturated heterocycles. The molecule has 0 aromatic carbocycles. The Morgan fingerprint density at radius 1 is 1.47 bits per heavy atom. The molecule has 0 fully saturated rings. The van der Waals surface area contributed by atoms with Gasteiger partial charge in [0.2, 0.25) is 0 Å². The molecule has 0 aliphatic rings. The Morgan fingerprint density at radius 3 is 3.00 bits per heavy atom. The van der Waals surface area contributed by atoms with Gasteiger partial charge in [-0.15, -0.1) is 10.2 Å². The molecule has 0 radical (unpaired) electrons. The Hall–Kier alpha value is -1.20. The number of halogens is 1. The van der Waals surface area contributed by atoms with Gasteiger partial charge in [0.1, 0.15) is 11.0 Å². The molecule has 2 heterocycles. The molecule has 0 spiro atoms. The molecule has 0 aliphatic carbocycles. The van der Waals surface area contributed by atoms with Crippen LogP contribution in [0.3, 0.4) is 0 Å². The van der Waals surface area contributed by atoms with Gasteiger partial charge in [0.15, 0.2) is 5.65 Å². The Balaban J connectivity index is 2.35. The maximum atomic E-state index is 9.19. The van der Waals surface area contributed by atoms with E-state index in [0.29, 0.717) is 23.6 Å². The third-order valence-corrected chi connectivity index (χ3v) is 2.39. The molecular formula is C9H11ClN4O. The molecular weight excluding hydrogens is 216 g/mol. The molecule has 0 bridgehead atoms. The second kappa shape index (κ2) is 4.12. The predicted molar refractivity (Wildman–Crippen MR) is 55.8 cm³/mol. The molecule has 0 aliphatic heterocycles. The van der Waals surface area contributed by atoms with E-state index in [4.69, 9.17) is 11.6 Å². The summed E-state index contributed by atoms with van der Waals surface area (Å²) in [6, 6.07) is 0. The van der Waals surface area contributed by atoms with Crippen LogP contribution in [-0.4, -0.2) is 30.8 Å². The highest BCUT2D eigenvalue weighted by molar-refractivity contribution is 6.29. The lowest BCUT2D eigenvalue weighted by molar-refractivity contribution is 0.184. The van der Waals surface area contributed by atoms with Gasteiger partial charge in [0.25, 0.3) is 0 Å². The third kappa shape index (κ3) is 2.08. The number of hydrogen-bond acceptors (Lipinski definition) is 4. The number of hydrogen-bond donors (Lipinski definition) is 1. The van der Waals surface area contributed by atoms with Crippen LogP contribution in [0.1, 0.15) is 19.2 Å². The van der Waals surface area contributed by atoms with Crippen molar-refractivity contribution in [2.45, 2.75) is 25.9 Å². The zero-order chi connectivity index (χ0) is 10.8. The van der Waals surface area contributed by atoms with Crippen LogP contribution < -0.4 is 0 Å². The summed E-state index contributed by atoms with van der Waals surface area (Å²) in [5.74, 6) is 0.748. The van der Waals surface area contributed by atoms with Crippen molar-refractivity contribution >= 4 is 17.2 Å². The van der Waals surface area contributed by atoms with Crippen molar-refractivity contribution in [3.05, 3.63) is 23.4 Å². The van der Waals surface area contributed by atoms with E-state index in [1.165, 1.54) is 0 Å². The largest absolute Gasteiger partial charge is 0.393 e. The van der Waals surface area contributed by atoms with Gasteiger partial charge in [-0.05, 0) is 13.3 Å². The Morgan fingerprint density at radius 2 is 2.27 bits per heavy atom. The van der Waals surface area contributed by atoms with Crippen molar-refractivity contribution < 1.29 is 5.11 Å². The second-order valence-electron chi connectivity index (χ2n) is 3.43. The molecule has 1 unspecified atom stereocenters. The van der Waals surface area contributed by atoms with Gasteiger partial charge < -0.3 is 5.11 Å². The first-order valence-corrected chi connectivity index (χ1v) is 5.08. The summed E-state index contributed by atoms with van der Waals surface area (Å²) < 4.78 is 1.73. The first-order chi connectivity index (χ1) is 7.18. The Kier molecular flexibility index (Phi) is 2.83. The number of aliphatic hydroxyl groups is 1. The van der Waals surface area contributed by atoms with Crippen LogP contribution in [0.5, 0.6) is 0 Å². The normalized spacial score (nSPS) is 13.3. The molecule has 0 saturated carbocycles. The van der Waals surface area contributed by atoms with Crippen LogP contribution in [0.2, 0.25) is 5.15 Å². The lowest BCUT2D eigenvalue weighted by Gasteiger charge is -2.03. The Bertz CT molecular complexity index is 468. The van der Waals surface area contributed by atoms with E-state index in [2.05, 4.69) is 15.2 Å². The van der Waals surface area contributed by atoms with Crippen molar-refractivity contribution in [3.8, 4) is 0 Å². The number of aromatic nitrogens is 4. The van der Waals surface area contributed by atoms with Crippen LogP contribution in [0, 0.1) is 0 Å². The monoisotopic (exact) mass is 226 g/mol. The van der Waals surface area contributed by atoms with Gasteiger partial charge >= 0.3 is 0 Å². The Labute approximate surface area is 91.7 Å². The fourth-order valence-corrected chi connectivity index (χ4v) is 1.61. The zero-order valence-corrected chi connectivity index (χ0v) is 9.02. The van der Waals surface area contributed by atoms with Gasteiger partial charge in [-0.25, -0.2) is 0 Å². The minimum atomic E-state index is -0.349. The van der Waals surface area contributed by atoms with Crippen molar-refractivity contribution in [3.63, 3.8) is 0 Å². The number of nitrogens with zero attached hydrogens (tertiary/aromatic N) is 4. The van der Waals surface area contributed by atoms with Gasteiger partial charge in [0.05, 0.1) is 18.5 Å². The maximum absolute atomic E-state index is 9.19. The summed E-state index contributed by atoms with van der Waals surface area (Å²) in [6.07, 6.45) is 4.08. The lowest BCUT2D eigenvalue weighted by Crippen LogP contribution is -2.04. The van der Waals surface area contributed by atoms with Crippen LogP contribution in [0.25, 0.3) is 5.65 Å². The summed E-state index contributed by atoms with van der Waals surface area (Å²) in [5.41, 5.74) is 0.628. The van der Waals surface area contributed by atoms with E-state index in [9.17, 15) is 5.11 Å². The van der Waals surface area contributed by atoms with Crippen molar-refractivity contribution in [1.29, 1.82) is 0 Å². The summed E-state index contributed by atoms with van der Waals surface area (Å²) in [6.45, 7) is 1.74. The topological polar surface area (TPSA) is 63.3 Å². The van der Waals surface area contributed by atoms with Crippen molar-refractivity contribution in [2.24, 2.45) is 0 Å². The van der Waals surface area contributed by atoms with Gasteiger partial charge in [-0.3, -0.25) is 9.38 Å². The fraction of sp³-hybridized carbons (Fsp3) is 0.444. The van der Waals surface area contributed by atoms with Crippen molar-refractivity contribution in [1.82, 2.24) is 19.6 Å². The summed E-state index contributed by atoms with van der Waals surface area (Å²) >= 11 is 5.98. The van der Waals surface area contributed by atoms with Crippen LogP contribution in [0.4, 0.5) is 0 Å². The molecule has 1 atom stereocenters. The summed E-state index contributed by atoms with van der Waals surface area (Å²) in [4.78, 5) is 3.92. The molecule has 5 nitrogen and oxygen atoms in total. The predicted octanol–water partition coefficient (Wildman–Crippen LogP) is 1.09. The molecule has 2 rings (SSSR count). The molecule has 80 valence electrons. The smallest absolute Gasteiger partial charge is 0.180 e. The number of fused-ring (bicyclic) bond motifs is 1. The molecule has 2 aromatic heterocycles. The molecule has 1 N–H and O–H groups in total. The highest BCUT2D eigenvalue weighted by Crippen LogP contribution is 2.13.